The first-order valence-electron chi connectivity index (χ1n) is 4.90. The van der Waals surface area contributed by atoms with Crippen LogP contribution in [-0.4, -0.2) is 21.6 Å². The first-order valence-corrected chi connectivity index (χ1v) is 4.90. The van der Waals surface area contributed by atoms with Crippen molar-refractivity contribution in [3.63, 3.8) is 0 Å². The summed E-state index contributed by atoms with van der Waals surface area (Å²) in [6, 6.07) is 1.72. The van der Waals surface area contributed by atoms with E-state index < -0.39 is 0 Å². The van der Waals surface area contributed by atoms with Crippen LogP contribution < -0.4 is 11.1 Å². The molecule has 2 aliphatic rings. The molecule has 0 bridgehead atoms. The number of hydrazone groups is 1. The van der Waals surface area contributed by atoms with Crippen LogP contribution in [0.3, 0.4) is 0 Å². The number of hydrogen-bond acceptors (Lipinski definition) is 8. The number of hydrogen-bond donors (Lipinski definition) is 2. The number of nitrogens with zero attached hydrogens (tertiary/aromatic N) is 4. The highest BCUT2D eigenvalue weighted by Gasteiger charge is 1.73. The van der Waals surface area contributed by atoms with Gasteiger partial charge >= 0.3 is 0 Å². The highest BCUT2D eigenvalue weighted by molar-refractivity contribution is 5.70. The maximum absolute atomic E-state index is 4.55. The SMILES string of the molecule is C1=CNOC=C1.C1=CONN=C1.c1cnnnc1. The van der Waals surface area contributed by atoms with Crippen molar-refractivity contribution in [3.05, 3.63) is 55.4 Å². The van der Waals surface area contributed by atoms with Gasteiger partial charge < -0.3 is 9.68 Å². The van der Waals surface area contributed by atoms with Crippen molar-refractivity contribution in [1.82, 2.24) is 26.5 Å². The van der Waals surface area contributed by atoms with E-state index in [0.717, 1.165) is 0 Å². The van der Waals surface area contributed by atoms with E-state index in [0.29, 0.717) is 0 Å². The van der Waals surface area contributed by atoms with E-state index in [1.54, 1.807) is 49.3 Å². The first-order chi connectivity index (χ1) is 9.00. The Morgan fingerprint density at radius 2 is 1.72 bits per heavy atom. The summed E-state index contributed by atoms with van der Waals surface area (Å²) >= 11 is 0. The molecular weight excluding hydrogens is 236 g/mol. The first kappa shape index (κ1) is 13.2. The summed E-state index contributed by atoms with van der Waals surface area (Å²) in [7, 11) is 0. The van der Waals surface area contributed by atoms with Crippen LogP contribution in [0.2, 0.25) is 0 Å². The van der Waals surface area contributed by atoms with Gasteiger partial charge in [-0.1, -0.05) is 0 Å². The quantitative estimate of drug-likeness (QED) is 0.688. The number of allylic oxidation sites excluding steroid dienone is 3. The van der Waals surface area contributed by atoms with Crippen LogP contribution >= 0.6 is 0 Å². The molecule has 1 aromatic rings. The molecule has 2 aliphatic heterocycles. The van der Waals surface area contributed by atoms with E-state index >= 15 is 0 Å². The zero-order chi connectivity index (χ0) is 12.7. The van der Waals surface area contributed by atoms with Gasteiger partial charge in [-0.15, -0.1) is 15.8 Å². The fourth-order valence-corrected chi connectivity index (χ4v) is 0.672. The molecule has 0 amide bonds. The molecule has 0 radical (unpaired) electrons. The molecule has 0 spiro atoms. The molecule has 3 heterocycles. The minimum atomic E-state index is 1.51. The molecule has 0 aliphatic carbocycles. The topological polar surface area (TPSA) is 93.5 Å². The van der Waals surface area contributed by atoms with Crippen LogP contribution in [0.5, 0.6) is 0 Å². The summed E-state index contributed by atoms with van der Waals surface area (Å²) in [5, 5.41) is 13.6. The van der Waals surface area contributed by atoms with Gasteiger partial charge in [0.1, 0.15) is 12.5 Å². The zero-order valence-corrected chi connectivity index (χ0v) is 9.38. The Labute approximate surface area is 104 Å². The largest absolute Gasteiger partial charge is 0.391 e. The Hall–Kier alpha value is -2.90. The monoisotopic (exact) mass is 248 g/mol. The molecule has 3 rings (SSSR count). The van der Waals surface area contributed by atoms with Crippen molar-refractivity contribution in [2.75, 3.05) is 0 Å². The van der Waals surface area contributed by atoms with E-state index in [2.05, 4.69) is 41.3 Å². The van der Waals surface area contributed by atoms with Crippen LogP contribution in [0, 0.1) is 0 Å². The summed E-state index contributed by atoms with van der Waals surface area (Å²) < 4.78 is 0. The molecule has 0 aromatic carbocycles. The average molecular weight is 248 g/mol. The van der Waals surface area contributed by atoms with Crippen LogP contribution in [-0.2, 0) is 9.68 Å². The summed E-state index contributed by atoms with van der Waals surface area (Å²) in [6.45, 7) is 0. The molecule has 2 N–H and O–H groups in total. The third-order valence-electron chi connectivity index (χ3n) is 1.31. The Kier molecular flexibility index (Phi) is 7.76. The van der Waals surface area contributed by atoms with Crippen molar-refractivity contribution >= 4 is 6.21 Å². The standard InChI is InChI=1S/C4H5NO.C3H3N3.C3H4N2O/c2*1-2-4-6-5-3-1;1-2-4-5-6-3-1/h1-5H;1-3H;1-3,5H. The van der Waals surface area contributed by atoms with Crippen LogP contribution in [0.4, 0.5) is 0 Å². The second kappa shape index (κ2) is 10.6. The lowest BCUT2D eigenvalue weighted by atomic mass is 10.6. The van der Waals surface area contributed by atoms with Gasteiger partial charge in [-0.3, -0.25) is 0 Å². The highest BCUT2D eigenvalue weighted by atomic mass is 16.7. The molecule has 94 valence electrons. The van der Waals surface area contributed by atoms with E-state index in [1.165, 1.54) is 6.26 Å². The molecular formula is C10H12N6O2. The number of hydroxylamine groups is 1. The van der Waals surface area contributed by atoms with Crippen LogP contribution in [0.1, 0.15) is 0 Å². The van der Waals surface area contributed by atoms with Crippen molar-refractivity contribution in [2.45, 2.75) is 0 Å². The normalized spacial score (nSPS) is 13.3. The minimum Gasteiger partial charge on any atom is -0.391 e. The molecule has 8 nitrogen and oxygen atoms in total. The predicted molar refractivity (Wildman–Crippen MR) is 64.2 cm³/mol. The third kappa shape index (κ3) is 8.41. The molecule has 0 atom stereocenters. The second-order valence-electron chi connectivity index (χ2n) is 2.55. The maximum Gasteiger partial charge on any atom is 0.122 e. The van der Waals surface area contributed by atoms with Gasteiger partial charge in [0.15, 0.2) is 0 Å². The summed E-state index contributed by atoms with van der Waals surface area (Å²) in [4.78, 5) is 8.99. The van der Waals surface area contributed by atoms with E-state index in [-0.39, 0.29) is 0 Å². The lowest BCUT2D eigenvalue weighted by Crippen LogP contribution is -2.03. The van der Waals surface area contributed by atoms with Crippen LogP contribution in [0.25, 0.3) is 0 Å². The van der Waals surface area contributed by atoms with Gasteiger partial charge in [-0.2, -0.15) is 5.10 Å². The third-order valence-corrected chi connectivity index (χ3v) is 1.31. The highest BCUT2D eigenvalue weighted by Crippen LogP contribution is 1.80. The lowest BCUT2D eigenvalue weighted by Gasteiger charge is -1.97. The van der Waals surface area contributed by atoms with Gasteiger partial charge in [0.05, 0.1) is 18.6 Å². The van der Waals surface area contributed by atoms with Gasteiger partial charge in [-0.25, -0.2) is 5.48 Å². The van der Waals surface area contributed by atoms with Crippen molar-refractivity contribution in [1.29, 1.82) is 0 Å². The maximum atomic E-state index is 4.55. The summed E-state index contributed by atoms with van der Waals surface area (Å²) in [5.74, 6) is 0. The molecule has 0 unspecified atom stereocenters. The Morgan fingerprint density at radius 1 is 0.889 bits per heavy atom. The van der Waals surface area contributed by atoms with Gasteiger partial charge in [0.25, 0.3) is 0 Å². The average Bonchev–Trinajstić information content (AvgIpc) is 2.54. The zero-order valence-electron chi connectivity index (χ0n) is 9.38. The Morgan fingerprint density at radius 3 is 1.89 bits per heavy atom. The van der Waals surface area contributed by atoms with Crippen LogP contribution in [0.15, 0.2) is 60.5 Å². The number of aromatic nitrogens is 3. The predicted octanol–water partition coefficient (Wildman–Crippen LogP) is 0.441. The van der Waals surface area contributed by atoms with E-state index in [1.807, 2.05) is 6.08 Å². The van der Waals surface area contributed by atoms with Gasteiger partial charge in [0.2, 0.25) is 0 Å². The Bertz CT molecular complexity index is 329. The minimum absolute atomic E-state index is 1.51. The molecule has 8 heteroatoms. The number of nitrogens with one attached hydrogen (secondary N) is 2. The molecule has 1 aromatic heterocycles. The summed E-state index contributed by atoms with van der Waals surface area (Å²) in [6.07, 6.45) is 14.9. The fourth-order valence-electron chi connectivity index (χ4n) is 0.672. The Balaban J connectivity index is 0.000000135. The van der Waals surface area contributed by atoms with Gasteiger partial charge in [0, 0.05) is 6.20 Å². The smallest absolute Gasteiger partial charge is 0.122 e. The van der Waals surface area contributed by atoms with E-state index in [9.17, 15) is 0 Å². The molecule has 0 saturated carbocycles. The van der Waals surface area contributed by atoms with Crippen molar-refractivity contribution < 1.29 is 9.68 Å². The lowest BCUT2D eigenvalue weighted by molar-refractivity contribution is 0.136. The number of rotatable bonds is 0. The molecule has 0 fully saturated rings. The summed E-state index contributed by atoms with van der Waals surface area (Å²) in [5.41, 5.74) is 4.78. The fraction of sp³-hybridized carbons (Fsp3) is 0. The van der Waals surface area contributed by atoms with Crippen molar-refractivity contribution in [3.8, 4) is 0 Å². The van der Waals surface area contributed by atoms with Crippen molar-refractivity contribution in [2.24, 2.45) is 5.10 Å². The molecule has 18 heavy (non-hydrogen) atoms. The van der Waals surface area contributed by atoms with Gasteiger partial charge in [-0.05, 0) is 29.5 Å². The molecule has 0 saturated heterocycles. The van der Waals surface area contributed by atoms with E-state index in [4.69, 9.17) is 0 Å². The second-order valence-corrected chi connectivity index (χ2v) is 2.55.